The molecular formula is C18H30N2. The van der Waals surface area contributed by atoms with Gasteiger partial charge in [0.25, 0.3) is 0 Å². The Hall–Kier alpha value is -0.860. The van der Waals surface area contributed by atoms with Crippen LogP contribution in [0.1, 0.15) is 49.9 Å². The van der Waals surface area contributed by atoms with Gasteiger partial charge < -0.3 is 5.32 Å². The summed E-state index contributed by atoms with van der Waals surface area (Å²) < 4.78 is 0. The highest BCUT2D eigenvalue weighted by atomic mass is 15.3. The van der Waals surface area contributed by atoms with Crippen LogP contribution in [0.2, 0.25) is 0 Å². The summed E-state index contributed by atoms with van der Waals surface area (Å²) in [5.74, 6) is 0. The first kappa shape index (κ1) is 15.5. The summed E-state index contributed by atoms with van der Waals surface area (Å²) in [5, 5.41) is 3.66. The molecule has 2 nitrogen and oxygen atoms in total. The highest BCUT2D eigenvalue weighted by Gasteiger charge is 2.37. The van der Waals surface area contributed by atoms with Gasteiger partial charge in [-0.25, -0.2) is 0 Å². The lowest BCUT2D eigenvalue weighted by molar-refractivity contribution is 0.0321. The summed E-state index contributed by atoms with van der Waals surface area (Å²) in [6, 6.07) is 4.62. The van der Waals surface area contributed by atoms with Crippen molar-refractivity contribution < 1.29 is 0 Å². The number of aryl methyl sites for hydroxylation is 3. The molecule has 1 fully saturated rings. The maximum absolute atomic E-state index is 3.66. The molecule has 0 atom stereocenters. The third-order valence-electron chi connectivity index (χ3n) is 4.63. The van der Waals surface area contributed by atoms with Crippen molar-refractivity contribution in [1.82, 2.24) is 10.2 Å². The van der Waals surface area contributed by atoms with Crippen molar-refractivity contribution in [1.29, 1.82) is 0 Å². The number of benzene rings is 1. The Bertz CT molecular complexity index is 477. The van der Waals surface area contributed by atoms with Gasteiger partial charge in [-0.1, -0.05) is 17.7 Å². The molecule has 1 saturated heterocycles. The van der Waals surface area contributed by atoms with Gasteiger partial charge in [-0.15, -0.1) is 0 Å². The molecule has 0 aliphatic carbocycles. The molecule has 1 heterocycles. The standard InChI is InChI=1S/C18H30N2/c1-13-8-14(2)16(15(3)9-13)10-20-12-17(4,5)19-11-18(20,6)7/h8-9,19H,10-12H2,1-7H3. The zero-order valence-electron chi connectivity index (χ0n) is 14.2. The summed E-state index contributed by atoms with van der Waals surface area (Å²) in [4.78, 5) is 2.63. The van der Waals surface area contributed by atoms with Crippen LogP contribution in [-0.2, 0) is 6.54 Å². The van der Waals surface area contributed by atoms with Gasteiger partial charge in [-0.2, -0.15) is 0 Å². The molecule has 0 aromatic heterocycles. The second kappa shape index (κ2) is 5.16. The average Bonchev–Trinajstić information content (AvgIpc) is 2.28. The molecule has 0 radical (unpaired) electrons. The second-order valence-corrected chi connectivity index (χ2v) is 7.78. The highest BCUT2D eigenvalue weighted by molar-refractivity contribution is 5.37. The van der Waals surface area contributed by atoms with Gasteiger partial charge in [0, 0.05) is 30.7 Å². The Morgan fingerprint density at radius 1 is 1.05 bits per heavy atom. The molecule has 0 amide bonds. The molecule has 20 heavy (non-hydrogen) atoms. The van der Waals surface area contributed by atoms with Crippen molar-refractivity contribution in [3.63, 3.8) is 0 Å². The molecule has 1 aliphatic rings. The summed E-state index contributed by atoms with van der Waals surface area (Å²) in [6.45, 7) is 19.1. The zero-order valence-corrected chi connectivity index (χ0v) is 14.2. The van der Waals surface area contributed by atoms with E-state index in [9.17, 15) is 0 Å². The van der Waals surface area contributed by atoms with E-state index in [1.54, 1.807) is 0 Å². The largest absolute Gasteiger partial charge is 0.309 e. The van der Waals surface area contributed by atoms with Crippen LogP contribution in [0.15, 0.2) is 12.1 Å². The SMILES string of the molecule is Cc1cc(C)c(CN2CC(C)(C)NCC2(C)C)c(C)c1. The molecule has 1 aliphatic heterocycles. The fourth-order valence-electron chi connectivity index (χ4n) is 3.23. The maximum atomic E-state index is 3.66. The van der Waals surface area contributed by atoms with Crippen LogP contribution in [0, 0.1) is 20.8 Å². The highest BCUT2D eigenvalue weighted by Crippen LogP contribution is 2.27. The molecule has 0 bridgehead atoms. The smallest absolute Gasteiger partial charge is 0.0282 e. The predicted octanol–water partition coefficient (Wildman–Crippen LogP) is 3.57. The molecule has 1 aromatic carbocycles. The Morgan fingerprint density at radius 3 is 2.15 bits per heavy atom. The first-order valence-electron chi connectivity index (χ1n) is 7.67. The van der Waals surface area contributed by atoms with E-state index in [-0.39, 0.29) is 11.1 Å². The van der Waals surface area contributed by atoms with E-state index in [4.69, 9.17) is 0 Å². The van der Waals surface area contributed by atoms with Crippen molar-refractivity contribution in [3.05, 3.63) is 34.4 Å². The number of nitrogens with one attached hydrogen (secondary N) is 1. The van der Waals surface area contributed by atoms with Crippen molar-refractivity contribution in [2.45, 2.75) is 66.1 Å². The minimum atomic E-state index is 0.196. The lowest BCUT2D eigenvalue weighted by Gasteiger charge is -2.50. The van der Waals surface area contributed by atoms with E-state index >= 15 is 0 Å². The minimum absolute atomic E-state index is 0.196. The molecule has 0 saturated carbocycles. The quantitative estimate of drug-likeness (QED) is 0.887. The monoisotopic (exact) mass is 274 g/mol. The van der Waals surface area contributed by atoms with Crippen LogP contribution < -0.4 is 5.32 Å². The normalized spacial score (nSPS) is 21.9. The molecule has 2 heteroatoms. The maximum Gasteiger partial charge on any atom is 0.0282 e. The van der Waals surface area contributed by atoms with Crippen LogP contribution in [0.5, 0.6) is 0 Å². The minimum Gasteiger partial charge on any atom is -0.309 e. The van der Waals surface area contributed by atoms with Gasteiger partial charge in [0.15, 0.2) is 0 Å². The van der Waals surface area contributed by atoms with Crippen LogP contribution in [-0.4, -0.2) is 29.1 Å². The van der Waals surface area contributed by atoms with Crippen LogP contribution in [0.3, 0.4) is 0 Å². The van der Waals surface area contributed by atoms with Gasteiger partial charge in [0.2, 0.25) is 0 Å². The Morgan fingerprint density at radius 2 is 1.60 bits per heavy atom. The molecule has 0 spiro atoms. The van der Waals surface area contributed by atoms with Crippen molar-refractivity contribution >= 4 is 0 Å². The van der Waals surface area contributed by atoms with E-state index in [1.807, 2.05) is 0 Å². The Balaban J connectivity index is 2.28. The topological polar surface area (TPSA) is 15.3 Å². The van der Waals surface area contributed by atoms with Gasteiger partial charge in [-0.3, -0.25) is 4.90 Å². The lowest BCUT2D eigenvalue weighted by atomic mass is 9.89. The molecular weight excluding hydrogens is 244 g/mol. The van der Waals surface area contributed by atoms with Gasteiger partial charge in [0.05, 0.1) is 0 Å². The first-order valence-corrected chi connectivity index (χ1v) is 7.67. The van der Waals surface area contributed by atoms with E-state index in [0.29, 0.717) is 0 Å². The summed E-state index contributed by atoms with van der Waals surface area (Å²) >= 11 is 0. The van der Waals surface area contributed by atoms with Crippen LogP contribution in [0.25, 0.3) is 0 Å². The summed E-state index contributed by atoms with van der Waals surface area (Å²) in [5.41, 5.74) is 6.12. The van der Waals surface area contributed by atoms with E-state index in [1.165, 1.54) is 22.3 Å². The van der Waals surface area contributed by atoms with Gasteiger partial charge in [-0.05, 0) is 65.2 Å². The first-order chi connectivity index (χ1) is 9.11. The Labute approximate surface area is 124 Å². The fraction of sp³-hybridized carbons (Fsp3) is 0.667. The zero-order chi connectivity index (χ0) is 15.1. The van der Waals surface area contributed by atoms with Crippen LogP contribution in [0.4, 0.5) is 0 Å². The lowest BCUT2D eigenvalue weighted by Crippen LogP contribution is -2.65. The number of hydrogen-bond acceptors (Lipinski definition) is 2. The number of rotatable bonds is 2. The average molecular weight is 274 g/mol. The molecule has 112 valence electrons. The summed E-state index contributed by atoms with van der Waals surface area (Å²) in [7, 11) is 0. The van der Waals surface area contributed by atoms with Gasteiger partial charge in [0.1, 0.15) is 0 Å². The second-order valence-electron chi connectivity index (χ2n) is 7.78. The molecule has 0 unspecified atom stereocenters. The van der Waals surface area contributed by atoms with E-state index in [2.05, 4.69) is 70.8 Å². The molecule has 1 N–H and O–H groups in total. The van der Waals surface area contributed by atoms with Crippen molar-refractivity contribution in [2.75, 3.05) is 13.1 Å². The molecule has 2 rings (SSSR count). The number of nitrogens with zero attached hydrogens (tertiary/aromatic N) is 1. The fourth-order valence-corrected chi connectivity index (χ4v) is 3.23. The van der Waals surface area contributed by atoms with E-state index < -0.39 is 0 Å². The number of hydrogen-bond donors (Lipinski definition) is 1. The summed E-state index contributed by atoms with van der Waals surface area (Å²) in [6.07, 6.45) is 0. The number of piperazine rings is 1. The Kier molecular flexibility index (Phi) is 4.01. The van der Waals surface area contributed by atoms with Crippen LogP contribution >= 0.6 is 0 Å². The van der Waals surface area contributed by atoms with Gasteiger partial charge >= 0.3 is 0 Å². The van der Waals surface area contributed by atoms with Crippen molar-refractivity contribution in [3.8, 4) is 0 Å². The third-order valence-corrected chi connectivity index (χ3v) is 4.63. The predicted molar refractivity (Wildman–Crippen MR) is 87.2 cm³/mol. The molecule has 1 aromatic rings. The third kappa shape index (κ3) is 3.24. The van der Waals surface area contributed by atoms with E-state index in [0.717, 1.165) is 19.6 Å². The van der Waals surface area contributed by atoms with Crippen molar-refractivity contribution in [2.24, 2.45) is 0 Å².